The molecule has 0 spiro atoms. The summed E-state index contributed by atoms with van der Waals surface area (Å²) in [6.07, 6.45) is 0. The van der Waals surface area contributed by atoms with Gasteiger partial charge < -0.3 is 11.1 Å². The summed E-state index contributed by atoms with van der Waals surface area (Å²) in [5.41, 5.74) is 8.01. The number of nitrogen functional groups attached to an aromatic ring is 1. The van der Waals surface area contributed by atoms with Crippen LogP contribution < -0.4 is 11.1 Å². The zero-order valence-corrected chi connectivity index (χ0v) is 9.96. The first kappa shape index (κ1) is 11.0. The summed E-state index contributed by atoms with van der Waals surface area (Å²) >= 11 is 3.29. The van der Waals surface area contributed by atoms with E-state index in [0.717, 1.165) is 11.4 Å². The first-order valence-electron chi connectivity index (χ1n) is 4.73. The molecular formula is C12H10BrFN2. The van der Waals surface area contributed by atoms with Gasteiger partial charge in [-0.25, -0.2) is 4.39 Å². The number of nitrogens with one attached hydrogen (secondary N) is 1. The molecule has 2 nitrogen and oxygen atoms in total. The van der Waals surface area contributed by atoms with Gasteiger partial charge in [0.25, 0.3) is 0 Å². The van der Waals surface area contributed by atoms with E-state index in [1.54, 1.807) is 18.2 Å². The van der Waals surface area contributed by atoms with Gasteiger partial charge >= 0.3 is 0 Å². The first-order chi connectivity index (χ1) is 7.65. The second-order valence-electron chi connectivity index (χ2n) is 3.37. The molecule has 82 valence electrons. The molecule has 0 unspecified atom stereocenters. The van der Waals surface area contributed by atoms with Gasteiger partial charge in [-0.05, 0) is 58.4 Å². The molecule has 16 heavy (non-hydrogen) atoms. The lowest BCUT2D eigenvalue weighted by Crippen LogP contribution is -1.92. The molecule has 4 heteroatoms. The van der Waals surface area contributed by atoms with Gasteiger partial charge in [-0.3, -0.25) is 0 Å². The zero-order valence-electron chi connectivity index (χ0n) is 8.37. The van der Waals surface area contributed by atoms with E-state index in [1.165, 1.54) is 12.1 Å². The number of halogens is 2. The maximum Gasteiger partial charge on any atom is 0.124 e. The van der Waals surface area contributed by atoms with Crippen molar-refractivity contribution in [3.63, 3.8) is 0 Å². The molecular weight excluding hydrogens is 271 g/mol. The van der Waals surface area contributed by atoms with E-state index in [-0.39, 0.29) is 5.82 Å². The van der Waals surface area contributed by atoms with E-state index in [9.17, 15) is 4.39 Å². The van der Waals surface area contributed by atoms with Crippen LogP contribution in [0, 0.1) is 5.82 Å². The van der Waals surface area contributed by atoms with Crippen molar-refractivity contribution in [3.05, 3.63) is 52.8 Å². The van der Waals surface area contributed by atoms with Crippen LogP contribution in [0.4, 0.5) is 21.5 Å². The molecule has 2 aromatic carbocycles. The lowest BCUT2D eigenvalue weighted by atomic mass is 10.2. The van der Waals surface area contributed by atoms with Crippen LogP contribution in [0.3, 0.4) is 0 Å². The summed E-state index contributed by atoms with van der Waals surface area (Å²) in [6, 6.07) is 11.8. The third-order valence-corrected chi connectivity index (χ3v) is 2.78. The topological polar surface area (TPSA) is 38.0 Å². The average molecular weight is 281 g/mol. The second kappa shape index (κ2) is 4.53. The second-order valence-corrected chi connectivity index (χ2v) is 4.23. The van der Waals surface area contributed by atoms with Gasteiger partial charge in [0.05, 0.1) is 5.69 Å². The quantitative estimate of drug-likeness (QED) is 0.819. The van der Waals surface area contributed by atoms with Crippen LogP contribution in [-0.2, 0) is 0 Å². The molecule has 2 aromatic rings. The number of benzene rings is 2. The SMILES string of the molecule is Nc1ccc(Nc2ccc(F)cc2Br)cc1. The van der Waals surface area contributed by atoms with Crippen molar-refractivity contribution >= 4 is 33.0 Å². The lowest BCUT2D eigenvalue weighted by molar-refractivity contribution is 0.627. The number of hydrogen-bond acceptors (Lipinski definition) is 2. The van der Waals surface area contributed by atoms with Crippen LogP contribution in [0.5, 0.6) is 0 Å². The van der Waals surface area contributed by atoms with Crippen LogP contribution in [0.1, 0.15) is 0 Å². The Morgan fingerprint density at radius 1 is 1.06 bits per heavy atom. The normalized spacial score (nSPS) is 10.1. The third kappa shape index (κ3) is 2.52. The van der Waals surface area contributed by atoms with Crippen molar-refractivity contribution < 1.29 is 4.39 Å². The van der Waals surface area contributed by atoms with Gasteiger partial charge in [-0.15, -0.1) is 0 Å². The molecule has 0 bridgehead atoms. The fourth-order valence-electron chi connectivity index (χ4n) is 1.31. The summed E-state index contributed by atoms with van der Waals surface area (Å²) in [5.74, 6) is -0.269. The molecule has 0 aliphatic heterocycles. The Kier molecular flexibility index (Phi) is 3.10. The summed E-state index contributed by atoms with van der Waals surface area (Å²) in [6.45, 7) is 0. The van der Waals surface area contributed by atoms with Crippen molar-refractivity contribution in [2.45, 2.75) is 0 Å². The van der Waals surface area contributed by atoms with Gasteiger partial charge in [-0.2, -0.15) is 0 Å². The van der Waals surface area contributed by atoms with Crippen LogP contribution in [0.2, 0.25) is 0 Å². The molecule has 0 atom stereocenters. The Morgan fingerprint density at radius 2 is 1.75 bits per heavy atom. The molecule has 0 aliphatic rings. The molecule has 0 aliphatic carbocycles. The standard InChI is InChI=1S/C12H10BrFN2/c13-11-7-8(14)1-6-12(11)16-10-4-2-9(15)3-5-10/h1-7,16H,15H2. The largest absolute Gasteiger partial charge is 0.399 e. The smallest absolute Gasteiger partial charge is 0.124 e. The summed E-state index contributed by atoms with van der Waals surface area (Å²) in [5, 5.41) is 3.16. The van der Waals surface area contributed by atoms with Crippen molar-refractivity contribution in [2.24, 2.45) is 0 Å². The predicted molar refractivity (Wildman–Crippen MR) is 68.2 cm³/mol. The Morgan fingerprint density at radius 3 is 2.38 bits per heavy atom. The van der Waals surface area contributed by atoms with Crippen LogP contribution in [0.15, 0.2) is 46.9 Å². The fourth-order valence-corrected chi connectivity index (χ4v) is 1.76. The predicted octanol–water partition coefficient (Wildman–Crippen LogP) is 3.91. The summed E-state index contributed by atoms with van der Waals surface area (Å²) in [4.78, 5) is 0. The van der Waals surface area contributed by atoms with Gasteiger partial charge in [0.15, 0.2) is 0 Å². The number of nitrogens with two attached hydrogens (primary N) is 1. The van der Waals surface area contributed by atoms with E-state index in [0.29, 0.717) is 10.2 Å². The highest BCUT2D eigenvalue weighted by atomic mass is 79.9. The molecule has 0 heterocycles. The highest BCUT2D eigenvalue weighted by Gasteiger charge is 2.01. The Bertz CT molecular complexity index is 497. The van der Waals surface area contributed by atoms with Gasteiger partial charge in [0, 0.05) is 15.8 Å². The molecule has 0 aromatic heterocycles. The minimum atomic E-state index is -0.269. The molecule has 0 saturated carbocycles. The maximum atomic E-state index is 12.9. The zero-order chi connectivity index (χ0) is 11.5. The van der Waals surface area contributed by atoms with E-state index < -0.39 is 0 Å². The van der Waals surface area contributed by atoms with E-state index in [2.05, 4.69) is 21.2 Å². The average Bonchev–Trinajstić information content (AvgIpc) is 2.25. The minimum Gasteiger partial charge on any atom is -0.399 e. The fraction of sp³-hybridized carbons (Fsp3) is 0. The Balaban J connectivity index is 2.23. The molecule has 2 rings (SSSR count). The van der Waals surface area contributed by atoms with E-state index >= 15 is 0 Å². The highest BCUT2D eigenvalue weighted by Crippen LogP contribution is 2.26. The van der Waals surface area contributed by atoms with Crippen molar-refractivity contribution in [1.82, 2.24) is 0 Å². The molecule has 3 N–H and O–H groups in total. The molecule has 0 amide bonds. The monoisotopic (exact) mass is 280 g/mol. The van der Waals surface area contributed by atoms with E-state index in [1.807, 2.05) is 12.1 Å². The summed E-state index contributed by atoms with van der Waals surface area (Å²) < 4.78 is 13.5. The van der Waals surface area contributed by atoms with Gasteiger partial charge in [0.1, 0.15) is 5.82 Å². The lowest BCUT2D eigenvalue weighted by Gasteiger charge is -2.08. The Hall–Kier alpha value is -1.55. The van der Waals surface area contributed by atoms with Crippen LogP contribution in [-0.4, -0.2) is 0 Å². The number of rotatable bonds is 2. The van der Waals surface area contributed by atoms with E-state index in [4.69, 9.17) is 5.73 Å². The molecule has 0 saturated heterocycles. The summed E-state index contributed by atoms with van der Waals surface area (Å²) in [7, 11) is 0. The maximum absolute atomic E-state index is 12.9. The van der Waals surface area contributed by atoms with Crippen LogP contribution in [0.25, 0.3) is 0 Å². The van der Waals surface area contributed by atoms with Crippen molar-refractivity contribution in [3.8, 4) is 0 Å². The highest BCUT2D eigenvalue weighted by molar-refractivity contribution is 9.10. The molecule has 0 fully saturated rings. The Labute approximate surface area is 101 Å². The first-order valence-corrected chi connectivity index (χ1v) is 5.52. The minimum absolute atomic E-state index is 0.269. The van der Waals surface area contributed by atoms with Gasteiger partial charge in [-0.1, -0.05) is 0 Å². The van der Waals surface area contributed by atoms with Crippen molar-refractivity contribution in [2.75, 3.05) is 11.1 Å². The molecule has 0 radical (unpaired) electrons. The third-order valence-electron chi connectivity index (χ3n) is 2.12. The van der Waals surface area contributed by atoms with Gasteiger partial charge in [0.2, 0.25) is 0 Å². The van der Waals surface area contributed by atoms with Crippen LogP contribution >= 0.6 is 15.9 Å². The number of hydrogen-bond donors (Lipinski definition) is 2. The van der Waals surface area contributed by atoms with Crippen molar-refractivity contribution in [1.29, 1.82) is 0 Å². The number of anilines is 3.